The molecule has 0 radical (unpaired) electrons. The zero-order valence-corrected chi connectivity index (χ0v) is 13.2. The summed E-state index contributed by atoms with van der Waals surface area (Å²) in [6.07, 6.45) is 16.8. The van der Waals surface area contributed by atoms with Gasteiger partial charge in [0, 0.05) is 0 Å². The van der Waals surface area contributed by atoms with Gasteiger partial charge in [-0.1, -0.05) is 70.6 Å². The highest BCUT2D eigenvalue weighted by molar-refractivity contribution is 7.86. The average Bonchev–Trinajstić information content (AvgIpc) is 2.32. The summed E-state index contributed by atoms with van der Waals surface area (Å²) in [4.78, 5) is 0. The molecule has 0 N–H and O–H groups in total. The lowest BCUT2D eigenvalue weighted by Gasteiger charge is -2.16. The Kier molecular flexibility index (Phi) is 8.71. The zero-order chi connectivity index (χ0) is 14.0. The fourth-order valence-electron chi connectivity index (χ4n) is 2.82. The molecule has 4 heteroatoms. The summed E-state index contributed by atoms with van der Waals surface area (Å²) in [5, 5.41) is 0. The van der Waals surface area contributed by atoms with Crippen molar-refractivity contribution in [2.75, 3.05) is 6.26 Å². The van der Waals surface area contributed by atoms with Crippen LogP contribution in [0.2, 0.25) is 0 Å². The molecular formula is C15H30O3S. The third-order valence-corrected chi connectivity index (χ3v) is 4.48. The lowest BCUT2D eigenvalue weighted by molar-refractivity contribution is 0.181. The molecule has 0 saturated heterocycles. The Morgan fingerprint density at radius 3 is 1.32 bits per heavy atom. The topological polar surface area (TPSA) is 43.4 Å². The van der Waals surface area contributed by atoms with Crippen LogP contribution < -0.4 is 0 Å². The maximum atomic E-state index is 11.3. The minimum Gasteiger partial charge on any atom is -0.267 e. The van der Waals surface area contributed by atoms with Crippen molar-refractivity contribution in [2.45, 2.75) is 89.6 Å². The lowest BCUT2D eigenvalue weighted by Crippen LogP contribution is -2.17. The lowest BCUT2D eigenvalue weighted by atomic mass is 10.00. The Labute approximate surface area is 119 Å². The first kappa shape index (κ1) is 17.0. The van der Waals surface area contributed by atoms with Crippen LogP contribution in [0.25, 0.3) is 0 Å². The van der Waals surface area contributed by atoms with E-state index in [9.17, 15) is 8.42 Å². The summed E-state index contributed by atoms with van der Waals surface area (Å²) in [6, 6.07) is 0. The van der Waals surface area contributed by atoms with Gasteiger partial charge in [-0.25, -0.2) is 0 Å². The van der Waals surface area contributed by atoms with Crippen molar-refractivity contribution in [1.82, 2.24) is 0 Å². The summed E-state index contributed by atoms with van der Waals surface area (Å²) >= 11 is 0. The highest BCUT2D eigenvalue weighted by Crippen LogP contribution is 2.19. The van der Waals surface area contributed by atoms with E-state index >= 15 is 0 Å². The summed E-state index contributed by atoms with van der Waals surface area (Å²) in [5.74, 6) is 0. The van der Waals surface area contributed by atoms with Gasteiger partial charge in [-0.2, -0.15) is 8.42 Å². The van der Waals surface area contributed by atoms with Gasteiger partial charge in [0.05, 0.1) is 12.4 Å². The first-order chi connectivity index (χ1) is 9.08. The molecule has 1 aliphatic rings. The van der Waals surface area contributed by atoms with Crippen molar-refractivity contribution >= 4 is 10.1 Å². The minimum atomic E-state index is -3.30. The number of hydrogen-bond donors (Lipinski definition) is 0. The molecule has 1 fully saturated rings. The second-order valence-electron chi connectivity index (χ2n) is 5.89. The third-order valence-electron chi connectivity index (χ3n) is 3.86. The van der Waals surface area contributed by atoms with Gasteiger partial charge in [0.2, 0.25) is 0 Å². The molecule has 3 nitrogen and oxygen atoms in total. The summed E-state index contributed by atoms with van der Waals surface area (Å²) in [5.41, 5.74) is 0. The first-order valence-electron chi connectivity index (χ1n) is 7.96. The molecule has 19 heavy (non-hydrogen) atoms. The first-order valence-corrected chi connectivity index (χ1v) is 9.78. The largest absolute Gasteiger partial charge is 0.267 e. The second kappa shape index (κ2) is 9.76. The monoisotopic (exact) mass is 290 g/mol. The molecule has 1 rings (SSSR count). The molecule has 0 heterocycles. The predicted octanol–water partition coefficient (Wildman–Crippen LogP) is 4.42. The molecule has 0 atom stereocenters. The Morgan fingerprint density at radius 2 is 1.00 bits per heavy atom. The molecule has 114 valence electrons. The van der Waals surface area contributed by atoms with Gasteiger partial charge in [0.15, 0.2) is 0 Å². The van der Waals surface area contributed by atoms with Gasteiger partial charge in [0.1, 0.15) is 0 Å². The highest BCUT2D eigenvalue weighted by atomic mass is 32.2. The Balaban J connectivity index is 2.36. The van der Waals surface area contributed by atoms with E-state index in [1.165, 1.54) is 64.0 Å². The van der Waals surface area contributed by atoms with Crippen LogP contribution in [-0.2, 0) is 14.3 Å². The van der Waals surface area contributed by atoms with E-state index in [4.69, 9.17) is 4.18 Å². The molecule has 0 amide bonds. The van der Waals surface area contributed by atoms with Crippen LogP contribution in [0.15, 0.2) is 0 Å². The van der Waals surface area contributed by atoms with Crippen LogP contribution in [0.5, 0.6) is 0 Å². The average molecular weight is 290 g/mol. The van der Waals surface area contributed by atoms with Crippen LogP contribution in [0.4, 0.5) is 0 Å². The van der Waals surface area contributed by atoms with Gasteiger partial charge >= 0.3 is 0 Å². The van der Waals surface area contributed by atoms with E-state index in [0.717, 1.165) is 25.7 Å². The molecule has 0 spiro atoms. The molecule has 0 aliphatic heterocycles. The fraction of sp³-hybridized carbons (Fsp3) is 1.00. The molecule has 0 aromatic heterocycles. The summed E-state index contributed by atoms with van der Waals surface area (Å²) < 4.78 is 27.7. The SMILES string of the molecule is CS(=O)(=O)OC1CCCCCCCCCCCCC1. The van der Waals surface area contributed by atoms with E-state index in [1.54, 1.807) is 0 Å². The molecule has 1 saturated carbocycles. The highest BCUT2D eigenvalue weighted by Gasteiger charge is 2.15. The van der Waals surface area contributed by atoms with E-state index < -0.39 is 10.1 Å². The van der Waals surface area contributed by atoms with Gasteiger partial charge in [-0.15, -0.1) is 0 Å². The molecule has 0 bridgehead atoms. The van der Waals surface area contributed by atoms with Gasteiger partial charge < -0.3 is 0 Å². The van der Waals surface area contributed by atoms with Crippen LogP contribution in [0.1, 0.15) is 83.5 Å². The van der Waals surface area contributed by atoms with Crippen LogP contribution in [0.3, 0.4) is 0 Å². The van der Waals surface area contributed by atoms with Crippen molar-refractivity contribution in [1.29, 1.82) is 0 Å². The van der Waals surface area contributed by atoms with Crippen molar-refractivity contribution in [3.63, 3.8) is 0 Å². The standard InChI is InChI=1S/C15H30O3S/c1-19(16,17)18-15-13-11-9-7-5-3-2-4-6-8-10-12-14-15/h15H,2-14H2,1H3. The van der Waals surface area contributed by atoms with E-state index in [1.807, 2.05) is 0 Å². The summed E-state index contributed by atoms with van der Waals surface area (Å²) in [6.45, 7) is 0. The maximum Gasteiger partial charge on any atom is 0.264 e. The number of hydrogen-bond acceptors (Lipinski definition) is 3. The molecule has 0 aromatic rings. The van der Waals surface area contributed by atoms with Crippen molar-refractivity contribution in [2.24, 2.45) is 0 Å². The van der Waals surface area contributed by atoms with E-state index in [2.05, 4.69) is 0 Å². The molecular weight excluding hydrogens is 260 g/mol. The Bertz CT molecular complexity index is 297. The minimum absolute atomic E-state index is 0.0852. The third kappa shape index (κ3) is 10.4. The van der Waals surface area contributed by atoms with Crippen molar-refractivity contribution in [3.8, 4) is 0 Å². The number of rotatable bonds is 2. The van der Waals surface area contributed by atoms with Crippen LogP contribution in [-0.4, -0.2) is 20.8 Å². The maximum absolute atomic E-state index is 11.3. The molecule has 0 unspecified atom stereocenters. The van der Waals surface area contributed by atoms with Gasteiger partial charge in [-0.3, -0.25) is 4.18 Å². The second-order valence-corrected chi connectivity index (χ2v) is 7.49. The van der Waals surface area contributed by atoms with Crippen molar-refractivity contribution in [3.05, 3.63) is 0 Å². The normalized spacial score (nSPS) is 22.8. The summed E-state index contributed by atoms with van der Waals surface area (Å²) in [7, 11) is -3.30. The van der Waals surface area contributed by atoms with E-state index in [-0.39, 0.29) is 6.10 Å². The smallest absolute Gasteiger partial charge is 0.264 e. The molecule has 1 aliphatic carbocycles. The Hall–Kier alpha value is -0.0900. The van der Waals surface area contributed by atoms with Gasteiger partial charge in [0.25, 0.3) is 10.1 Å². The molecule has 0 aromatic carbocycles. The van der Waals surface area contributed by atoms with Crippen molar-refractivity contribution < 1.29 is 12.6 Å². The fourth-order valence-corrected chi connectivity index (χ4v) is 3.51. The Morgan fingerprint density at radius 1 is 0.684 bits per heavy atom. The zero-order valence-electron chi connectivity index (χ0n) is 12.4. The van der Waals surface area contributed by atoms with E-state index in [0.29, 0.717) is 0 Å². The predicted molar refractivity (Wildman–Crippen MR) is 79.7 cm³/mol. The van der Waals surface area contributed by atoms with Gasteiger partial charge in [-0.05, 0) is 12.8 Å². The van der Waals surface area contributed by atoms with Crippen LogP contribution in [0, 0.1) is 0 Å². The quantitative estimate of drug-likeness (QED) is 0.707. The van der Waals surface area contributed by atoms with Crippen LogP contribution >= 0.6 is 0 Å².